The molecule has 1 aliphatic rings. The van der Waals surface area contributed by atoms with Crippen molar-refractivity contribution in [3.8, 4) is 0 Å². The van der Waals surface area contributed by atoms with E-state index in [2.05, 4.69) is 16.4 Å². The lowest BCUT2D eigenvalue weighted by Crippen LogP contribution is -2.38. The molecule has 0 aliphatic heterocycles. The number of allylic oxidation sites excluding steroid dienone is 3. The zero-order valence-corrected chi connectivity index (χ0v) is 12.0. The first-order valence-corrected chi connectivity index (χ1v) is 7.25. The van der Waals surface area contributed by atoms with Crippen LogP contribution in [-0.2, 0) is 10.2 Å². The molecule has 0 unspecified atom stereocenters. The molecular weight excluding hydrogens is 248 g/mol. The molecule has 0 spiro atoms. The molecule has 0 bridgehead atoms. The molecule has 1 fully saturated rings. The first kappa shape index (κ1) is 14.5. The number of aromatic nitrogens is 1. The zero-order chi connectivity index (χ0) is 14.3. The second-order valence-corrected chi connectivity index (χ2v) is 5.31. The highest BCUT2D eigenvalue weighted by Gasteiger charge is 2.36. The topological polar surface area (TPSA) is 42.0 Å². The maximum absolute atomic E-state index is 11.8. The normalized spacial score (nSPS) is 17.9. The minimum Gasteiger partial charge on any atom is -0.352 e. The van der Waals surface area contributed by atoms with Gasteiger partial charge in [-0.3, -0.25) is 9.78 Å². The predicted molar refractivity (Wildman–Crippen MR) is 81.3 cm³/mol. The van der Waals surface area contributed by atoms with Gasteiger partial charge in [0, 0.05) is 29.9 Å². The predicted octanol–water partition coefficient (Wildman–Crippen LogP) is 3.14. The Balaban J connectivity index is 2.02. The fourth-order valence-corrected chi connectivity index (χ4v) is 2.82. The standard InChI is InChI=1S/C17H22N2O/c1-2-3-4-10-16(20)19-14-17(11-6-7-12-17)15-9-5-8-13-18-15/h2-5,8-10,13H,6-7,11-12,14H2,1H3,(H,19,20)/b3-2+,10-4+. The van der Waals surface area contributed by atoms with Crippen molar-refractivity contribution in [3.63, 3.8) is 0 Å². The molecule has 0 aromatic carbocycles. The third kappa shape index (κ3) is 3.56. The van der Waals surface area contributed by atoms with Crippen LogP contribution in [0.25, 0.3) is 0 Å². The molecule has 1 N–H and O–H groups in total. The van der Waals surface area contributed by atoms with Crippen molar-refractivity contribution in [2.24, 2.45) is 0 Å². The molecule has 3 heteroatoms. The molecule has 1 saturated carbocycles. The minimum absolute atomic E-state index is 0.0192. The Labute approximate surface area is 120 Å². The highest BCUT2D eigenvalue weighted by molar-refractivity contribution is 5.87. The molecule has 1 aliphatic carbocycles. The van der Waals surface area contributed by atoms with E-state index < -0.39 is 0 Å². The number of carbonyl (C=O) groups is 1. The molecule has 106 valence electrons. The smallest absolute Gasteiger partial charge is 0.244 e. The van der Waals surface area contributed by atoms with Crippen LogP contribution in [-0.4, -0.2) is 17.4 Å². The largest absolute Gasteiger partial charge is 0.352 e. The van der Waals surface area contributed by atoms with Crippen LogP contribution in [0.1, 0.15) is 38.3 Å². The van der Waals surface area contributed by atoms with Crippen LogP contribution in [0.4, 0.5) is 0 Å². The highest BCUT2D eigenvalue weighted by Crippen LogP contribution is 2.39. The molecule has 2 rings (SSSR count). The Kier molecular flexibility index (Phi) is 5.10. The summed E-state index contributed by atoms with van der Waals surface area (Å²) in [6.45, 7) is 2.60. The minimum atomic E-state index is -0.0368. The van der Waals surface area contributed by atoms with Crippen molar-refractivity contribution in [1.29, 1.82) is 0 Å². The molecule has 1 aromatic rings. The summed E-state index contributed by atoms with van der Waals surface area (Å²) in [5.74, 6) is -0.0368. The first-order chi connectivity index (χ1) is 9.77. The lowest BCUT2D eigenvalue weighted by molar-refractivity contribution is -0.116. The van der Waals surface area contributed by atoms with Crippen molar-refractivity contribution in [1.82, 2.24) is 10.3 Å². The number of pyridine rings is 1. The summed E-state index contributed by atoms with van der Waals surface area (Å²) >= 11 is 0. The first-order valence-electron chi connectivity index (χ1n) is 7.25. The Hall–Kier alpha value is -1.90. The van der Waals surface area contributed by atoms with Crippen LogP contribution < -0.4 is 5.32 Å². The number of hydrogen-bond acceptors (Lipinski definition) is 2. The van der Waals surface area contributed by atoms with E-state index in [0.29, 0.717) is 6.54 Å². The van der Waals surface area contributed by atoms with E-state index in [1.165, 1.54) is 12.8 Å². The summed E-state index contributed by atoms with van der Waals surface area (Å²) in [6, 6.07) is 6.04. The Morgan fingerprint density at radius 3 is 2.80 bits per heavy atom. The Morgan fingerprint density at radius 1 is 1.35 bits per heavy atom. The van der Waals surface area contributed by atoms with Gasteiger partial charge in [0.15, 0.2) is 0 Å². The van der Waals surface area contributed by atoms with Crippen molar-refractivity contribution in [2.45, 2.75) is 38.0 Å². The highest BCUT2D eigenvalue weighted by atomic mass is 16.1. The van der Waals surface area contributed by atoms with E-state index in [9.17, 15) is 4.79 Å². The molecule has 0 saturated heterocycles. The van der Waals surface area contributed by atoms with Crippen molar-refractivity contribution in [3.05, 3.63) is 54.4 Å². The van der Waals surface area contributed by atoms with Crippen molar-refractivity contribution in [2.75, 3.05) is 6.54 Å². The van der Waals surface area contributed by atoms with Gasteiger partial charge in [-0.05, 0) is 31.9 Å². The third-order valence-electron chi connectivity index (χ3n) is 3.92. The summed E-state index contributed by atoms with van der Waals surface area (Å²) in [6.07, 6.45) is 13.5. The molecule has 1 aromatic heterocycles. The van der Waals surface area contributed by atoms with E-state index in [0.717, 1.165) is 18.5 Å². The number of carbonyl (C=O) groups excluding carboxylic acids is 1. The molecule has 0 radical (unpaired) electrons. The summed E-state index contributed by atoms with van der Waals surface area (Å²) in [5.41, 5.74) is 1.13. The number of amides is 1. The van der Waals surface area contributed by atoms with E-state index in [4.69, 9.17) is 0 Å². The summed E-state index contributed by atoms with van der Waals surface area (Å²) in [5, 5.41) is 3.02. The molecule has 20 heavy (non-hydrogen) atoms. The third-order valence-corrected chi connectivity index (χ3v) is 3.92. The van der Waals surface area contributed by atoms with Gasteiger partial charge in [0.1, 0.15) is 0 Å². The second-order valence-electron chi connectivity index (χ2n) is 5.31. The van der Waals surface area contributed by atoms with Gasteiger partial charge in [-0.2, -0.15) is 0 Å². The van der Waals surface area contributed by atoms with E-state index in [1.807, 2.05) is 37.4 Å². The second kappa shape index (κ2) is 7.04. The average molecular weight is 270 g/mol. The molecule has 0 atom stereocenters. The van der Waals surface area contributed by atoms with Crippen LogP contribution in [0.2, 0.25) is 0 Å². The average Bonchev–Trinajstić information content (AvgIpc) is 2.97. The number of rotatable bonds is 5. The Bertz CT molecular complexity index is 485. The van der Waals surface area contributed by atoms with E-state index in [-0.39, 0.29) is 11.3 Å². The molecule has 3 nitrogen and oxygen atoms in total. The van der Waals surface area contributed by atoms with E-state index >= 15 is 0 Å². The van der Waals surface area contributed by atoms with Crippen LogP contribution >= 0.6 is 0 Å². The number of nitrogens with one attached hydrogen (secondary N) is 1. The zero-order valence-electron chi connectivity index (χ0n) is 12.0. The van der Waals surface area contributed by atoms with Gasteiger partial charge in [-0.1, -0.05) is 37.1 Å². The fourth-order valence-electron chi connectivity index (χ4n) is 2.82. The van der Waals surface area contributed by atoms with Gasteiger partial charge in [0.25, 0.3) is 0 Å². The Morgan fingerprint density at radius 2 is 2.15 bits per heavy atom. The lowest BCUT2D eigenvalue weighted by Gasteiger charge is -2.28. The fraction of sp³-hybridized carbons (Fsp3) is 0.412. The lowest BCUT2D eigenvalue weighted by atomic mass is 9.82. The van der Waals surface area contributed by atoms with Crippen LogP contribution in [0.15, 0.2) is 48.7 Å². The summed E-state index contributed by atoms with van der Waals surface area (Å²) in [7, 11) is 0. The maximum atomic E-state index is 11.8. The summed E-state index contributed by atoms with van der Waals surface area (Å²) < 4.78 is 0. The van der Waals surface area contributed by atoms with Crippen molar-refractivity contribution < 1.29 is 4.79 Å². The van der Waals surface area contributed by atoms with Gasteiger partial charge in [-0.25, -0.2) is 0 Å². The van der Waals surface area contributed by atoms with Crippen molar-refractivity contribution >= 4 is 5.91 Å². The molecule has 1 heterocycles. The van der Waals surface area contributed by atoms with Gasteiger partial charge < -0.3 is 5.32 Å². The SMILES string of the molecule is C/C=C/C=C/C(=O)NCC1(c2ccccn2)CCCC1. The monoisotopic (exact) mass is 270 g/mol. The quantitative estimate of drug-likeness (QED) is 0.659. The molecule has 1 amide bonds. The number of nitrogens with zero attached hydrogens (tertiary/aromatic N) is 1. The maximum Gasteiger partial charge on any atom is 0.244 e. The van der Waals surface area contributed by atoms with Gasteiger partial charge >= 0.3 is 0 Å². The van der Waals surface area contributed by atoms with Gasteiger partial charge in [-0.15, -0.1) is 0 Å². The van der Waals surface area contributed by atoms with Gasteiger partial charge in [0.05, 0.1) is 0 Å². The number of hydrogen-bond donors (Lipinski definition) is 1. The summed E-state index contributed by atoms with van der Waals surface area (Å²) in [4.78, 5) is 16.3. The molecular formula is C17H22N2O. The van der Waals surface area contributed by atoms with E-state index in [1.54, 1.807) is 12.2 Å². The van der Waals surface area contributed by atoms with Crippen LogP contribution in [0.3, 0.4) is 0 Å². The van der Waals surface area contributed by atoms with Crippen LogP contribution in [0.5, 0.6) is 0 Å². The van der Waals surface area contributed by atoms with Crippen LogP contribution in [0, 0.1) is 0 Å². The van der Waals surface area contributed by atoms with Gasteiger partial charge in [0.2, 0.25) is 5.91 Å².